The number of pyridine rings is 1. The molecule has 2 atom stereocenters. The van der Waals surface area contributed by atoms with Gasteiger partial charge in [-0.05, 0) is 57.2 Å². The first-order chi connectivity index (χ1) is 13.7. The van der Waals surface area contributed by atoms with Crippen LogP contribution in [0.5, 0.6) is 0 Å². The van der Waals surface area contributed by atoms with Crippen LogP contribution in [0.1, 0.15) is 72.2 Å². The number of hydrogen-bond donors (Lipinski definition) is 1. The van der Waals surface area contributed by atoms with Crippen LogP contribution >= 0.6 is 0 Å². The molecule has 0 radical (unpaired) electrons. The van der Waals surface area contributed by atoms with Crippen LogP contribution in [0.2, 0.25) is 0 Å². The van der Waals surface area contributed by atoms with Crippen molar-refractivity contribution in [3.05, 3.63) is 65.0 Å². The van der Waals surface area contributed by atoms with Crippen molar-refractivity contribution >= 4 is 11.5 Å². The summed E-state index contributed by atoms with van der Waals surface area (Å²) in [5, 5.41) is 3.65. The number of rotatable bonds is 3. The zero-order valence-corrected chi connectivity index (χ0v) is 16.7. The van der Waals surface area contributed by atoms with Gasteiger partial charge in [0, 0.05) is 47.2 Å². The molecule has 0 spiro atoms. The van der Waals surface area contributed by atoms with Crippen molar-refractivity contribution in [3.63, 3.8) is 0 Å². The van der Waals surface area contributed by atoms with Crippen molar-refractivity contribution in [2.45, 2.75) is 51.5 Å². The highest BCUT2D eigenvalue weighted by atomic mass is 16.1. The van der Waals surface area contributed by atoms with Gasteiger partial charge in [0.25, 0.3) is 0 Å². The van der Waals surface area contributed by atoms with Crippen LogP contribution in [-0.4, -0.2) is 29.6 Å². The van der Waals surface area contributed by atoms with Gasteiger partial charge < -0.3 is 5.32 Å². The molecule has 1 fully saturated rings. The molecule has 1 unspecified atom stereocenters. The summed E-state index contributed by atoms with van der Waals surface area (Å²) in [6, 6.07) is 13.1. The summed E-state index contributed by atoms with van der Waals surface area (Å²) < 4.78 is 0. The number of aryl methyl sites for hydroxylation is 1. The van der Waals surface area contributed by atoms with Crippen molar-refractivity contribution in [1.82, 2.24) is 10.3 Å². The van der Waals surface area contributed by atoms with Crippen molar-refractivity contribution in [1.29, 1.82) is 0 Å². The molecule has 2 aliphatic heterocycles. The Bertz CT molecular complexity index is 849. The van der Waals surface area contributed by atoms with Gasteiger partial charge in [-0.15, -0.1) is 0 Å². The van der Waals surface area contributed by atoms with Gasteiger partial charge in [-0.1, -0.05) is 36.8 Å². The van der Waals surface area contributed by atoms with Crippen molar-refractivity contribution in [2.75, 3.05) is 13.1 Å². The topological polar surface area (TPSA) is 54.4 Å². The summed E-state index contributed by atoms with van der Waals surface area (Å²) in [6.45, 7) is 3.75. The van der Waals surface area contributed by atoms with Crippen LogP contribution in [0.3, 0.4) is 0 Å². The SMILES string of the molecule is CC1=NCCCc2ncc(C(=O)[C@H]3CCCC(c4ccccc4)NCC3)cc21. The molecule has 28 heavy (non-hydrogen) atoms. The number of aromatic nitrogens is 1. The van der Waals surface area contributed by atoms with Crippen LogP contribution < -0.4 is 5.32 Å². The van der Waals surface area contributed by atoms with E-state index in [4.69, 9.17) is 0 Å². The van der Waals surface area contributed by atoms with Crippen LogP contribution in [0.4, 0.5) is 0 Å². The van der Waals surface area contributed by atoms with E-state index < -0.39 is 0 Å². The van der Waals surface area contributed by atoms with Crippen LogP contribution in [0, 0.1) is 5.92 Å². The van der Waals surface area contributed by atoms with E-state index in [9.17, 15) is 4.79 Å². The molecule has 1 aromatic carbocycles. The van der Waals surface area contributed by atoms with E-state index in [1.807, 2.05) is 13.0 Å². The normalized spacial score (nSPS) is 23.0. The second kappa shape index (κ2) is 8.78. The van der Waals surface area contributed by atoms with Crippen LogP contribution in [-0.2, 0) is 6.42 Å². The maximum absolute atomic E-state index is 13.2. The second-order valence-electron chi connectivity index (χ2n) is 7.99. The molecule has 3 heterocycles. The molecule has 2 aliphatic rings. The van der Waals surface area contributed by atoms with E-state index >= 15 is 0 Å². The lowest BCUT2D eigenvalue weighted by molar-refractivity contribution is 0.0897. The average molecular weight is 376 g/mol. The third-order valence-corrected chi connectivity index (χ3v) is 6.07. The molecule has 4 heteroatoms. The minimum Gasteiger partial charge on any atom is -0.310 e. The molecular weight excluding hydrogens is 346 g/mol. The predicted molar refractivity (Wildman–Crippen MR) is 113 cm³/mol. The van der Waals surface area contributed by atoms with Gasteiger partial charge in [0.15, 0.2) is 5.78 Å². The number of carbonyl (C=O) groups is 1. The Hall–Kier alpha value is -2.33. The van der Waals surface area contributed by atoms with E-state index in [0.29, 0.717) is 6.04 Å². The van der Waals surface area contributed by atoms with Crippen LogP contribution in [0.15, 0.2) is 47.6 Å². The Morgan fingerprint density at radius 3 is 2.82 bits per heavy atom. The summed E-state index contributed by atoms with van der Waals surface area (Å²) in [4.78, 5) is 22.4. The van der Waals surface area contributed by atoms with Gasteiger partial charge in [0.1, 0.15) is 0 Å². The largest absolute Gasteiger partial charge is 0.310 e. The molecule has 0 amide bonds. The molecule has 1 N–H and O–H groups in total. The molecule has 4 nitrogen and oxygen atoms in total. The number of hydrogen-bond acceptors (Lipinski definition) is 4. The highest BCUT2D eigenvalue weighted by Gasteiger charge is 2.25. The average Bonchev–Trinajstić information content (AvgIpc) is 2.89. The smallest absolute Gasteiger partial charge is 0.167 e. The highest BCUT2D eigenvalue weighted by Crippen LogP contribution is 2.27. The second-order valence-corrected chi connectivity index (χ2v) is 7.99. The minimum absolute atomic E-state index is 0.0760. The van der Waals surface area contributed by atoms with Crippen molar-refractivity contribution < 1.29 is 4.79 Å². The number of nitrogens with zero attached hydrogens (tertiary/aromatic N) is 2. The first-order valence-corrected chi connectivity index (χ1v) is 10.6. The number of benzene rings is 1. The molecule has 1 saturated heterocycles. The number of carbonyl (C=O) groups excluding carboxylic acids is 1. The molecule has 4 rings (SSSR count). The lowest BCUT2D eigenvalue weighted by atomic mass is 9.86. The Balaban J connectivity index is 1.45. The van der Waals surface area contributed by atoms with Gasteiger partial charge in [-0.25, -0.2) is 0 Å². The number of nitrogens with one attached hydrogen (secondary N) is 1. The maximum atomic E-state index is 13.2. The van der Waals surface area contributed by atoms with Gasteiger partial charge in [0.05, 0.1) is 0 Å². The first kappa shape index (κ1) is 19.0. The third kappa shape index (κ3) is 4.22. The molecule has 0 aliphatic carbocycles. The molecule has 0 saturated carbocycles. The molecule has 0 bridgehead atoms. The number of Topliss-reactive ketones (excluding diaryl/α,β-unsaturated/α-hetero) is 1. The van der Waals surface area contributed by atoms with Crippen molar-refractivity contribution in [2.24, 2.45) is 10.9 Å². The zero-order valence-electron chi connectivity index (χ0n) is 16.7. The number of ketones is 1. The molecular formula is C24H29N3O. The summed E-state index contributed by atoms with van der Waals surface area (Å²) >= 11 is 0. The van der Waals surface area contributed by atoms with Gasteiger partial charge in [0.2, 0.25) is 0 Å². The molecule has 146 valence electrons. The summed E-state index contributed by atoms with van der Waals surface area (Å²) in [5.74, 6) is 0.319. The monoisotopic (exact) mass is 375 g/mol. The Kier molecular flexibility index (Phi) is 5.96. The lowest BCUT2D eigenvalue weighted by Gasteiger charge is -2.25. The Labute approximate surface area is 167 Å². The minimum atomic E-state index is 0.0760. The quantitative estimate of drug-likeness (QED) is 0.801. The van der Waals surface area contributed by atoms with Gasteiger partial charge >= 0.3 is 0 Å². The fourth-order valence-electron chi connectivity index (χ4n) is 4.43. The van der Waals surface area contributed by atoms with E-state index in [-0.39, 0.29) is 11.7 Å². The predicted octanol–water partition coefficient (Wildman–Crippen LogP) is 4.54. The third-order valence-electron chi connectivity index (χ3n) is 6.07. The van der Waals surface area contributed by atoms with E-state index in [2.05, 4.69) is 45.6 Å². The zero-order chi connectivity index (χ0) is 19.3. The number of aliphatic imine (C=N–C) groups is 1. The maximum Gasteiger partial charge on any atom is 0.167 e. The van der Waals surface area contributed by atoms with Crippen molar-refractivity contribution in [3.8, 4) is 0 Å². The standard InChI is InChI=1S/C24H29N3O/c1-17-21-15-20(16-27-23(21)11-6-13-25-17)24(28)19-9-5-10-22(26-14-12-19)18-7-3-2-4-8-18/h2-4,7-8,15-16,19,22,26H,5-6,9-14H2,1H3/t19-,22?/m0/s1. The first-order valence-electron chi connectivity index (χ1n) is 10.6. The van der Waals surface area contributed by atoms with E-state index in [1.165, 1.54) is 5.56 Å². The van der Waals surface area contributed by atoms with E-state index in [0.717, 1.165) is 74.1 Å². The fraction of sp³-hybridized carbons (Fsp3) is 0.458. The van der Waals surface area contributed by atoms with E-state index in [1.54, 1.807) is 6.20 Å². The summed E-state index contributed by atoms with van der Waals surface area (Å²) in [7, 11) is 0. The Morgan fingerprint density at radius 1 is 1.11 bits per heavy atom. The van der Waals surface area contributed by atoms with Gasteiger partial charge in [-0.2, -0.15) is 0 Å². The lowest BCUT2D eigenvalue weighted by Crippen LogP contribution is -2.29. The van der Waals surface area contributed by atoms with Crippen LogP contribution in [0.25, 0.3) is 0 Å². The number of fused-ring (bicyclic) bond motifs is 1. The molecule has 1 aromatic heterocycles. The molecule has 2 aromatic rings. The van der Waals surface area contributed by atoms with Gasteiger partial charge in [-0.3, -0.25) is 14.8 Å². The Morgan fingerprint density at radius 2 is 1.96 bits per heavy atom. The fourth-order valence-corrected chi connectivity index (χ4v) is 4.43. The summed E-state index contributed by atoms with van der Waals surface area (Å²) in [5.41, 5.74) is 5.26. The highest BCUT2D eigenvalue weighted by molar-refractivity contribution is 6.04. The summed E-state index contributed by atoms with van der Waals surface area (Å²) in [6.07, 6.45) is 7.73.